The first-order valence-corrected chi connectivity index (χ1v) is 7.00. The molecule has 18 heavy (non-hydrogen) atoms. The van der Waals surface area contributed by atoms with Crippen LogP contribution in [0, 0.1) is 6.92 Å². The molecule has 0 atom stereocenters. The summed E-state index contributed by atoms with van der Waals surface area (Å²) in [5.74, 6) is 0. The van der Waals surface area contributed by atoms with Crippen molar-refractivity contribution in [3.05, 3.63) is 63.1 Å². The minimum absolute atomic E-state index is 1.07. The summed E-state index contributed by atoms with van der Waals surface area (Å²) >= 11 is 3.65. The second-order valence-corrected chi connectivity index (χ2v) is 5.88. The van der Waals surface area contributed by atoms with E-state index in [1.54, 1.807) is 0 Å². The van der Waals surface area contributed by atoms with E-state index < -0.39 is 0 Å². The molecule has 3 rings (SSSR count). The van der Waals surface area contributed by atoms with Crippen molar-refractivity contribution >= 4 is 22.0 Å². The first-order valence-electron chi connectivity index (χ1n) is 6.21. The summed E-state index contributed by atoms with van der Waals surface area (Å²) in [5.41, 5.74) is 8.22. The van der Waals surface area contributed by atoms with Crippen LogP contribution in [0.2, 0.25) is 0 Å². The fourth-order valence-corrected chi connectivity index (χ4v) is 3.05. The molecule has 0 aromatic heterocycles. The number of hydrogen-bond acceptors (Lipinski definition) is 0. The average Bonchev–Trinajstić information content (AvgIpc) is 2.74. The maximum Gasteiger partial charge on any atom is 0.0251 e. The van der Waals surface area contributed by atoms with Crippen LogP contribution in [0.25, 0.3) is 17.2 Å². The molecule has 2 aromatic rings. The molecule has 0 aliphatic heterocycles. The molecule has 0 spiro atoms. The van der Waals surface area contributed by atoms with Crippen LogP contribution in [0.15, 0.2) is 46.4 Å². The van der Waals surface area contributed by atoms with Crippen LogP contribution in [0.1, 0.15) is 23.6 Å². The molecular formula is C17H15Br. The number of rotatable bonds is 1. The van der Waals surface area contributed by atoms with Crippen molar-refractivity contribution in [2.24, 2.45) is 0 Å². The Morgan fingerprint density at radius 2 is 1.67 bits per heavy atom. The highest BCUT2D eigenvalue weighted by atomic mass is 79.9. The lowest BCUT2D eigenvalue weighted by atomic mass is 9.95. The number of hydrogen-bond donors (Lipinski definition) is 0. The fraction of sp³-hybridized carbons (Fsp3) is 0.176. The Morgan fingerprint density at radius 3 is 2.39 bits per heavy atom. The SMILES string of the molecule is CC1=Cc2c(Br)ccc(-c3ccc(C)cc3)c2C1. The summed E-state index contributed by atoms with van der Waals surface area (Å²) in [6.07, 6.45) is 3.36. The van der Waals surface area contributed by atoms with E-state index in [0.29, 0.717) is 0 Å². The quantitative estimate of drug-likeness (QED) is 0.663. The predicted molar refractivity (Wildman–Crippen MR) is 81.7 cm³/mol. The van der Waals surface area contributed by atoms with Gasteiger partial charge < -0.3 is 0 Å². The molecule has 1 heteroatoms. The highest BCUT2D eigenvalue weighted by Gasteiger charge is 2.17. The minimum Gasteiger partial charge on any atom is -0.0682 e. The Hall–Kier alpha value is -1.34. The summed E-state index contributed by atoms with van der Waals surface area (Å²) in [6, 6.07) is 13.2. The predicted octanol–water partition coefficient (Wildman–Crippen LogP) is 5.38. The first-order chi connectivity index (χ1) is 8.65. The zero-order valence-corrected chi connectivity index (χ0v) is 12.2. The van der Waals surface area contributed by atoms with Crippen LogP contribution >= 0.6 is 15.9 Å². The topological polar surface area (TPSA) is 0 Å². The molecule has 0 radical (unpaired) electrons. The number of fused-ring (bicyclic) bond motifs is 1. The third-order valence-corrected chi connectivity index (χ3v) is 4.20. The standard InChI is InChI=1S/C17H15Br/c1-11-3-5-13(6-4-11)14-7-8-17(18)16-10-12(2)9-15(14)16/h3-8,10H,9H2,1-2H3. The molecule has 0 amide bonds. The molecule has 0 fully saturated rings. The largest absolute Gasteiger partial charge is 0.0682 e. The zero-order chi connectivity index (χ0) is 12.7. The highest BCUT2D eigenvalue weighted by Crippen LogP contribution is 2.37. The summed E-state index contributed by atoms with van der Waals surface area (Å²) < 4.78 is 1.20. The molecule has 0 saturated heterocycles. The summed E-state index contributed by atoms with van der Waals surface area (Å²) in [7, 11) is 0. The van der Waals surface area contributed by atoms with Gasteiger partial charge in [0.2, 0.25) is 0 Å². The van der Waals surface area contributed by atoms with Gasteiger partial charge in [-0.2, -0.15) is 0 Å². The Morgan fingerprint density at radius 1 is 0.944 bits per heavy atom. The van der Waals surface area contributed by atoms with E-state index in [9.17, 15) is 0 Å². The van der Waals surface area contributed by atoms with Gasteiger partial charge in [0.25, 0.3) is 0 Å². The third kappa shape index (κ3) is 1.93. The normalized spacial score (nSPS) is 13.4. The number of allylic oxidation sites excluding steroid dienone is 1. The summed E-state index contributed by atoms with van der Waals surface area (Å²) in [4.78, 5) is 0. The fourth-order valence-electron chi connectivity index (χ4n) is 2.56. The Balaban J connectivity index is 2.16. The second-order valence-electron chi connectivity index (χ2n) is 5.02. The third-order valence-electron chi connectivity index (χ3n) is 3.51. The molecule has 0 unspecified atom stereocenters. The Labute approximate surface area is 116 Å². The second kappa shape index (κ2) is 4.40. The van der Waals surface area contributed by atoms with Gasteiger partial charge in [-0.25, -0.2) is 0 Å². The van der Waals surface area contributed by atoms with Gasteiger partial charge in [-0.3, -0.25) is 0 Å². The lowest BCUT2D eigenvalue weighted by Gasteiger charge is -2.10. The molecule has 1 aliphatic carbocycles. The summed E-state index contributed by atoms with van der Waals surface area (Å²) in [6.45, 7) is 4.33. The molecule has 0 saturated carbocycles. The van der Waals surface area contributed by atoms with Gasteiger partial charge in [-0.05, 0) is 48.6 Å². The van der Waals surface area contributed by atoms with E-state index in [1.165, 1.54) is 37.9 Å². The molecule has 0 N–H and O–H groups in total. The van der Waals surface area contributed by atoms with Crippen molar-refractivity contribution in [3.63, 3.8) is 0 Å². The number of aryl methyl sites for hydroxylation is 1. The minimum atomic E-state index is 1.07. The lowest BCUT2D eigenvalue weighted by molar-refractivity contribution is 1.19. The van der Waals surface area contributed by atoms with Crippen molar-refractivity contribution in [2.75, 3.05) is 0 Å². The van der Waals surface area contributed by atoms with E-state index in [4.69, 9.17) is 0 Å². The van der Waals surface area contributed by atoms with Gasteiger partial charge in [0.15, 0.2) is 0 Å². The number of benzene rings is 2. The van der Waals surface area contributed by atoms with Crippen LogP contribution in [0.3, 0.4) is 0 Å². The van der Waals surface area contributed by atoms with E-state index >= 15 is 0 Å². The van der Waals surface area contributed by atoms with Crippen LogP contribution in [0.5, 0.6) is 0 Å². The Bertz CT molecular complexity index is 633. The molecule has 0 nitrogen and oxygen atoms in total. The lowest BCUT2D eigenvalue weighted by Crippen LogP contribution is -1.90. The molecule has 0 bridgehead atoms. The average molecular weight is 299 g/mol. The van der Waals surface area contributed by atoms with Gasteiger partial charge >= 0.3 is 0 Å². The molecule has 0 heterocycles. The van der Waals surface area contributed by atoms with Gasteiger partial charge in [0.1, 0.15) is 0 Å². The Kier molecular flexibility index (Phi) is 2.87. The molecule has 2 aromatic carbocycles. The molecule has 1 aliphatic rings. The molecular weight excluding hydrogens is 284 g/mol. The molecule has 90 valence electrons. The maximum atomic E-state index is 3.65. The van der Waals surface area contributed by atoms with Crippen molar-refractivity contribution < 1.29 is 0 Å². The van der Waals surface area contributed by atoms with E-state index in [0.717, 1.165) is 6.42 Å². The van der Waals surface area contributed by atoms with Crippen LogP contribution in [0.4, 0.5) is 0 Å². The van der Waals surface area contributed by atoms with Crippen molar-refractivity contribution in [1.82, 2.24) is 0 Å². The van der Waals surface area contributed by atoms with E-state index in [2.05, 4.69) is 72.3 Å². The maximum absolute atomic E-state index is 3.65. The summed E-state index contributed by atoms with van der Waals surface area (Å²) in [5, 5.41) is 0. The van der Waals surface area contributed by atoms with Crippen molar-refractivity contribution in [2.45, 2.75) is 20.3 Å². The first kappa shape index (κ1) is 11.7. The van der Waals surface area contributed by atoms with Crippen LogP contribution in [-0.2, 0) is 6.42 Å². The monoisotopic (exact) mass is 298 g/mol. The van der Waals surface area contributed by atoms with Crippen LogP contribution in [-0.4, -0.2) is 0 Å². The zero-order valence-electron chi connectivity index (χ0n) is 10.6. The van der Waals surface area contributed by atoms with E-state index in [-0.39, 0.29) is 0 Å². The van der Waals surface area contributed by atoms with Crippen LogP contribution < -0.4 is 0 Å². The number of halogens is 1. The van der Waals surface area contributed by atoms with Crippen molar-refractivity contribution in [3.8, 4) is 11.1 Å². The smallest absolute Gasteiger partial charge is 0.0251 e. The van der Waals surface area contributed by atoms with Gasteiger partial charge in [-0.15, -0.1) is 0 Å². The van der Waals surface area contributed by atoms with Gasteiger partial charge in [0, 0.05) is 4.47 Å². The van der Waals surface area contributed by atoms with Gasteiger partial charge in [-0.1, -0.05) is 63.5 Å². The van der Waals surface area contributed by atoms with E-state index in [1.807, 2.05) is 0 Å². The highest BCUT2D eigenvalue weighted by molar-refractivity contribution is 9.10. The van der Waals surface area contributed by atoms with Gasteiger partial charge in [0.05, 0.1) is 0 Å². The van der Waals surface area contributed by atoms with Crippen molar-refractivity contribution in [1.29, 1.82) is 0 Å².